The van der Waals surface area contributed by atoms with Crippen molar-refractivity contribution >= 4 is 0 Å². The number of aryl methyl sites for hydroxylation is 2. The van der Waals surface area contributed by atoms with E-state index >= 15 is 0 Å². The van der Waals surface area contributed by atoms with Crippen LogP contribution in [0.25, 0.3) is 0 Å². The Labute approximate surface area is 77.4 Å². The van der Waals surface area contributed by atoms with Crippen LogP contribution in [0, 0.1) is 0 Å². The van der Waals surface area contributed by atoms with Crippen LogP contribution < -0.4 is 5.56 Å². The van der Waals surface area contributed by atoms with Gasteiger partial charge in [0.25, 0.3) is 5.56 Å². The molecule has 1 aliphatic carbocycles. The second kappa shape index (κ2) is 2.98. The van der Waals surface area contributed by atoms with Gasteiger partial charge in [0.15, 0.2) is 0 Å². The van der Waals surface area contributed by atoms with Crippen molar-refractivity contribution < 1.29 is 0 Å². The van der Waals surface area contributed by atoms with E-state index in [0.29, 0.717) is 0 Å². The van der Waals surface area contributed by atoms with Gasteiger partial charge in [-0.05, 0) is 38.7 Å². The number of nitrogens with zero attached hydrogens (tertiary/aromatic N) is 2. The summed E-state index contributed by atoms with van der Waals surface area (Å²) >= 11 is 0. The molecule has 0 saturated heterocycles. The van der Waals surface area contributed by atoms with Gasteiger partial charge < -0.3 is 0 Å². The SMILES string of the molecule is CC(C)n1nc2c(cc1=O)CCC2. The van der Waals surface area contributed by atoms with Gasteiger partial charge in [-0.1, -0.05) is 0 Å². The molecule has 0 fully saturated rings. The van der Waals surface area contributed by atoms with Crippen molar-refractivity contribution in [2.24, 2.45) is 0 Å². The molecule has 3 heteroatoms. The molecule has 70 valence electrons. The molecule has 0 amide bonds. The molecule has 1 heterocycles. The van der Waals surface area contributed by atoms with E-state index < -0.39 is 0 Å². The lowest BCUT2D eigenvalue weighted by Crippen LogP contribution is -2.25. The monoisotopic (exact) mass is 178 g/mol. The standard InChI is InChI=1S/C10H14N2O/c1-7(2)12-10(13)6-8-4-3-5-9(8)11-12/h6-7H,3-5H2,1-2H3. The van der Waals surface area contributed by atoms with Crippen LogP contribution in [0.4, 0.5) is 0 Å². The summed E-state index contributed by atoms with van der Waals surface area (Å²) in [7, 11) is 0. The van der Waals surface area contributed by atoms with Gasteiger partial charge in [0.05, 0.1) is 11.7 Å². The van der Waals surface area contributed by atoms with E-state index in [-0.39, 0.29) is 11.6 Å². The van der Waals surface area contributed by atoms with E-state index in [0.717, 1.165) is 30.5 Å². The first kappa shape index (κ1) is 8.48. The highest BCUT2D eigenvalue weighted by Crippen LogP contribution is 2.17. The summed E-state index contributed by atoms with van der Waals surface area (Å²) < 4.78 is 1.57. The zero-order valence-electron chi connectivity index (χ0n) is 8.08. The highest BCUT2D eigenvalue weighted by Gasteiger charge is 2.15. The Morgan fingerprint density at radius 3 is 2.92 bits per heavy atom. The molecular weight excluding hydrogens is 164 g/mol. The summed E-state index contributed by atoms with van der Waals surface area (Å²) in [6.45, 7) is 3.96. The predicted molar refractivity (Wildman–Crippen MR) is 50.9 cm³/mol. The van der Waals surface area contributed by atoms with E-state index in [4.69, 9.17) is 0 Å². The summed E-state index contributed by atoms with van der Waals surface area (Å²) in [5.74, 6) is 0. The molecule has 0 unspecified atom stereocenters. The maximum Gasteiger partial charge on any atom is 0.267 e. The van der Waals surface area contributed by atoms with E-state index in [2.05, 4.69) is 5.10 Å². The van der Waals surface area contributed by atoms with Gasteiger partial charge in [0.2, 0.25) is 0 Å². The fourth-order valence-corrected chi connectivity index (χ4v) is 1.79. The number of aromatic nitrogens is 2. The molecule has 0 aliphatic heterocycles. The quantitative estimate of drug-likeness (QED) is 0.650. The third-order valence-corrected chi connectivity index (χ3v) is 2.47. The molecule has 0 aromatic carbocycles. The van der Waals surface area contributed by atoms with Crippen LogP contribution in [-0.2, 0) is 12.8 Å². The first-order chi connectivity index (χ1) is 6.18. The van der Waals surface area contributed by atoms with Crippen molar-refractivity contribution in [1.82, 2.24) is 9.78 Å². The topological polar surface area (TPSA) is 34.9 Å². The van der Waals surface area contributed by atoms with E-state index in [1.165, 1.54) is 0 Å². The van der Waals surface area contributed by atoms with Crippen molar-refractivity contribution in [3.05, 3.63) is 27.7 Å². The van der Waals surface area contributed by atoms with Crippen LogP contribution in [0.1, 0.15) is 37.6 Å². The van der Waals surface area contributed by atoms with E-state index in [9.17, 15) is 4.79 Å². The highest BCUT2D eigenvalue weighted by atomic mass is 16.1. The third-order valence-electron chi connectivity index (χ3n) is 2.47. The molecule has 13 heavy (non-hydrogen) atoms. The number of fused-ring (bicyclic) bond motifs is 1. The Kier molecular flexibility index (Phi) is 1.94. The van der Waals surface area contributed by atoms with Gasteiger partial charge in [-0.25, -0.2) is 4.68 Å². The van der Waals surface area contributed by atoms with Gasteiger partial charge in [-0.2, -0.15) is 5.10 Å². The molecule has 1 aliphatic rings. The Hall–Kier alpha value is -1.12. The maximum absolute atomic E-state index is 11.5. The van der Waals surface area contributed by atoms with Crippen molar-refractivity contribution in [2.75, 3.05) is 0 Å². The minimum absolute atomic E-state index is 0.0376. The summed E-state index contributed by atoms with van der Waals surface area (Å²) in [5, 5.41) is 4.36. The summed E-state index contributed by atoms with van der Waals surface area (Å²) in [6.07, 6.45) is 3.20. The molecule has 0 atom stereocenters. The van der Waals surface area contributed by atoms with Crippen LogP contribution in [0.5, 0.6) is 0 Å². The number of hydrogen-bond acceptors (Lipinski definition) is 2. The lowest BCUT2D eigenvalue weighted by Gasteiger charge is -2.09. The van der Waals surface area contributed by atoms with Crippen LogP contribution in [-0.4, -0.2) is 9.78 Å². The number of hydrogen-bond donors (Lipinski definition) is 0. The average Bonchev–Trinajstić information content (AvgIpc) is 2.48. The van der Waals surface area contributed by atoms with Gasteiger partial charge in [0, 0.05) is 6.07 Å². The fourth-order valence-electron chi connectivity index (χ4n) is 1.79. The van der Waals surface area contributed by atoms with E-state index in [1.807, 2.05) is 13.8 Å². The maximum atomic E-state index is 11.5. The fraction of sp³-hybridized carbons (Fsp3) is 0.600. The Bertz CT molecular complexity index is 379. The average molecular weight is 178 g/mol. The smallest absolute Gasteiger partial charge is 0.267 e. The lowest BCUT2D eigenvalue weighted by molar-refractivity contribution is 0.494. The molecule has 3 nitrogen and oxygen atoms in total. The Morgan fingerprint density at radius 1 is 1.46 bits per heavy atom. The van der Waals surface area contributed by atoms with Gasteiger partial charge in [-0.15, -0.1) is 0 Å². The molecule has 1 aromatic rings. The first-order valence-electron chi connectivity index (χ1n) is 4.80. The predicted octanol–water partition coefficient (Wildman–Crippen LogP) is 1.31. The summed E-state index contributed by atoms with van der Waals surface area (Å²) in [4.78, 5) is 11.5. The van der Waals surface area contributed by atoms with Crippen LogP contribution in [0.15, 0.2) is 10.9 Å². The van der Waals surface area contributed by atoms with Gasteiger partial charge in [0.1, 0.15) is 0 Å². The summed E-state index contributed by atoms with van der Waals surface area (Å²) in [6, 6.07) is 1.91. The highest BCUT2D eigenvalue weighted by molar-refractivity contribution is 5.22. The second-order valence-electron chi connectivity index (χ2n) is 3.85. The second-order valence-corrected chi connectivity index (χ2v) is 3.85. The minimum atomic E-state index is 0.0376. The first-order valence-corrected chi connectivity index (χ1v) is 4.80. The van der Waals surface area contributed by atoms with Gasteiger partial charge >= 0.3 is 0 Å². The molecule has 0 bridgehead atoms. The Morgan fingerprint density at radius 2 is 2.23 bits per heavy atom. The summed E-state index contributed by atoms with van der Waals surface area (Å²) in [5.41, 5.74) is 2.31. The van der Waals surface area contributed by atoms with Crippen molar-refractivity contribution in [3.63, 3.8) is 0 Å². The zero-order chi connectivity index (χ0) is 9.42. The molecule has 1 aromatic heterocycles. The molecule has 0 saturated carbocycles. The molecule has 0 radical (unpaired) electrons. The van der Waals surface area contributed by atoms with E-state index in [1.54, 1.807) is 10.7 Å². The minimum Gasteiger partial charge on any atom is -0.268 e. The zero-order valence-corrected chi connectivity index (χ0v) is 8.08. The van der Waals surface area contributed by atoms with Crippen LogP contribution in [0.3, 0.4) is 0 Å². The molecule has 0 spiro atoms. The molecule has 2 rings (SSSR count). The normalized spacial score (nSPS) is 15.0. The van der Waals surface area contributed by atoms with Crippen molar-refractivity contribution in [2.45, 2.75) is 39.2 Å². The van der Waals surface area contributed by atoms with Crippen molar-refractivity contribution in [3.8, 4) is 0 Å². The molecule has 0 N–H and O–H groups in total. The number of rotatable bonds is 1. The third kappa shape index (κ3) is 1.39. The van der Waals surface area contributed by atoms with Crippen molar-refractivity contribution in [1.29, 1.82) is 0 Å². The Balaban J connectivity index is 2.56. The van der Waals surface area contributed by atoms with Crippen LogP contribution in [0.2, 0.25) is 0 Å². The largest absolute Gasteiger partial charge is 0.268 e. The van der Waals surface area contributed by atoms with Crippen LogP contribution >= 0.6 is 0 Å². The molecular formula is C10H14N2O. The van der Waals surface area contributed by atoms with Gasteiger partial charge in [-0.3, -0.25) is 4.79 Å². The lowest BCUT2D eigenvalue weighted by atomic mass is 10.2.